The normalized spacial score (nSPS) is 10.4. The smallest absolute Gasteiger partial charge is 0.220 e. The van der Waals surface area contributed by atoms with E-state index in [2.05, 4.69) is 5.32 Å². The third-order valence-corrected chi connectivity index (χ3v) is 3.07. The molecular weight excluding hydrogens is 238 g/mol. The van der Waals surface area contributed by atoms with Gasteiger partial charge in [0, 0.05) is 18.7 Å². The predicted molar refractivity (Wildman–Crippen MR) is 79.7 cm³/mol. The van der Waals surface area contributed by atoms with Gasteiger partial charge >= 0.3 is 0 Å². The van der Waals surface area contributed by atoms with Crippen molar-refractivity contribution in [2.75, 3.05) is 18.8 Å². The van der Waals surface area contributed by atoms with Crippen molar-refractivity contribution in [1.82, 2.24) is 5.32 Å². The van der Waals surface area contributed by atoms with Gasteiger partial charge in [0.1, 0.15) is 0 Å². The summed E-state index contributed by atoms with van der Waals surface area (Å²) in [6, 6.07) is 7.76. The maximum atomic E-state index is 11.6. The largest absolute Gasteiger partial charge is 0.399 e. The van der Waals surface area contributed by atoms with Crippen LogP contribution in [0.15, 0.2) is 24.3 Å². The topological polar surface area (TPSA) is 81.1 Å². The highest BCUT2D eigenvalue weighted by molar-refractivity contribution is 5.75. The number of nitrogens with one attached hydrogen (secondary N) is 1. The third-order valence-electron chi connectivity index (χ3n) is 3.07. The molecule has 4 nitrogen and oxygen atoms in total. The number of benzene rings is 1. The number of unbranched alkanes of at least 4 members (excludes halogenated alkanes) is 3. The van der Waals surface area contributed by atoms with Crippen molar-refractivity contribution >= 4 is 11.6 Å². The molecule has 1 aromatic carbocycles. The molecule has 19 heavy (non-hydrogen) atoms. The summed E-state index contributed by atoms with van der Waals surface area (Å²) in [4.78, 5) is 11.6. The maximum absolute atomic E-state index is 11.6. The van der Waals surface area contributed by atoms with E-state index in [0.29, 0.717) is 13.0 Å². The first-order valence-corrected chi connectivity index (χ1v) is 7.03. The molecule has 0 atom stereocenters. The summed E-state index contributed by atoms with van der Waals surface area (Å²) in [5, 5.41) is 2.94. The van der Waals surface area contributed by atoms with E-state index in [1.165, 1.54) is 5.56 Å². The molecule has 1 amide bonds. The van der Waals surface area contributed by atoms with Crippen LogP contribution < -0.4 is 16.8 Å². The number of hydrogen-bond acceptors (Lipinski definition) is 3. The number of amides is 1. The molecule has 0 bridgehead atoms. The number of nitrogens with two attached hydrogens (primary N) is 2. The van der Waals surface area contributed by atoms with Gasteiger partial charge in [-0.15, -0.1) is 0 Å². The number of anilines is 1. The van der Waals surface area contributed by atoms with Crippen LogP contribution in [0.2, 0.25) is 0 Å². The summed E-state index contributed by atoms with van der Waals surface area (Å²) in [6.07, 6.45) is 5.68. The van der Waals surface area contributed by atoms with E-state index in [1.807, 2.05) is 24.3 Å². The lowest BCUT2D eigenvalue weighted by Crippen LogP contribution is -2.25. The zero-order chi connectivity index (χ0) is 13.9. The fourth-order valence-electron chi connectivity index (χ4n) is 1.90. The van der Waals surface area contributed by atoms with Crippen molar-refractivity contribution in [3.05, 3.63) is 29.8 Å². The quantitative estimate of drug-likeness (QED) is 0.469. The highest BCUT2D eigenvalue weighted by Crippen LogP contribution is 2.06. The predicted octanol–water partition coefficient (Wildman–Crippen LogP) is 1.84. The molecule has 1 aromatic rings. The van der Waals surface area contributed by atoms with Crippen LogP contribution in [0.3, 0.4) is 0 Å². The van der Waals surface area contributed by atoms with Gasteiger partial charge in [0.25, 0.3) is 0 Å². The molecule has 0 fully saturated rings. The molecule has 0 saturated carbocycles. The van der Waals surface area contributed by atoms with Crippen LogP contribution >= 0.6 is 0 Å². The average molecular weight is 263 g/mol. The molecule has 5 N–H and O–H groups in total. The van der Waals surface area contributed by atoms with E-state index in [-0.39, 0.29) is 5.91 Å². The Morgan fingerprint density at radius 2 is 1.74 bits per heavy atom. The summed E-state index contributed by atoms with van der Waals surface area (Å²) in [5.41, 5.74) is 13.0. The van der Waals surface area contributed by atoms with Gasteiger partial charge in [-0.3, -0.25) is 4.79 Å². The van der Waals surface area contributed by atoms with Gasteiger partial charge in [-0.05, 0) is 43.5 Å². The molecule has 4 heteroatoms. The molecule has 0 aromatic heterocycles. The van der Waals surface area contributed by atoms with Crippen LogP contribution in [0.1, 0.15) is 37.7 Å². The van der Waals surface area contributed by atoms with Gasteiger partial charge in [-0.2, -0.15) is 0 Å². The summed E-state index contributed by atoms with van der Waals surface area (Å²) in [5.74, 6) is 0.142. The zero-order valence-corrected chi connectivity index (χ0v) is 11.5. The highest BCUT2D eigenvalue weighted by atomic mass is 16.1. The number of carbonyl (C=O) groups is 1. The Balaban J connectivity index is 2.05. The first-order chi connectivity index (χ1) is 9.22. The van der Waals surface area contributed by atoms with Crippen molar-refractivity contribution in [2.24, 2.45) is 5.73 Å². The number of carbonyl (C=O) groups excluding carboxylic acids is 1. The van der Waals surface area contributed by atoms with Gasteiger partial charge in [0.15, 0.2) is 0 Å². The highest BCUT2D eigenvalue weighted by Gasteiger charge is 2.00. The lowest BCUT2D eigenvalue weighted by Gasteiger charge is -2.05. The monoisotopic (exact) mass is 263 g/mol. The van der Waals surface area contributed by atoms with E-state index in [9.17, 15) is 4.79 Å². The molecular formula is C15H25N3O. The number of nitrogen functional groups attached to an aromatic ring is 1. The Labute approximate surface area is 115 Å². The summed E-state index contributed by atoms with van der Waals surface area (Å²) in [7, 11) is 0. The minimum absolute atomic E-state index is 0.142. The second-order valence-electron chi connectivity index (χ2n) is 4.79. The van der Waals surface area contributed by atoms with Crippen molar-refractivity contribution < 1.29 is 4.79 Å². The molecule has 0 aliphatic carbocycles. The van der Waals surface area contributed by atoms with Crippen LogP contribution in [-0.4, -0.2) is 19.0 Å². The first-order valence-electron chi connectivity index (χ1n) is 7.03. The van der Waals surface area contributed by atoms with E-state index in [1.54, 1.807) is 0 Å². The van der Waals surface area contributed by atoms with Crippen LogP contribution in [-0.2, 0) is 11.2 Å². The number of rotatable bonds is 9. The van der Waals surface area contributed by atoms with E-state index in [4.69, 9.17) is 11.5 Å². The fourth-order valence-corrected chi connectivity index (χ4v) is 1.90. The van der Waals surface area contributed by atoms with Crippen molar-refractivity contribution in [2.45, 2.75) is 38.5 Å². The summed E-state index contributed by atoms with van der Waals surface area (Å²) in [6.45, 7) is 1.43. The standard InChI is InChI=1S/C15H25N3O/c16-11-4-2-1-3-5-15(19)18-12-10-13-6-8-14(17)9-7-13/h6-9H,1-5,10-12,16-17H2,(H,18,19). The van der Waals surface area contributed by atoms with Gasteiger partial charge in [-0.25, -0.2) is 0 Å². The SMILES string of the molecule is NCCCCCCC(=O)NCCc1ccc(N)cc1. The molecule has 0 spiro atoms. The first kappa shape index (κ1) is 15.5. The van der Waals surface area contributed by atoms with E-state index >= 15 is 0 Å². The lowest BCUT2D eigenvalue weighted by atomic mass is 10.1. The van der Waals surface area contributed by atoms with E-state index < -0.39 is 0 Å². The zero-order valence-electron chi connectivity index (χ0n) is 11.5. The Morgan fingerprint density at radius 1 is 1.05 bits per heavy atom. The van der Waals surface area contributed by atoms with Gasteiger partial charge < -0.3 is 16.8 Å². The molecule has 0 heterocycles. The third kappa shape index (κ3) is 7.47. The second kappa shape index (κ2) is 9.39. The number of hydrogen-bond donors (Lipinski definition) is 3. The van der Waals surface area contributed by atoms with Crippen molar-refractivity contribution in [1.29, 1.82) is 0 Å². The molecule has 0 aliphatic heterocycles. The van der Waals surface area contributed by atoms with Crippen LogP contribution in [0.25, 0.3) is 0 Å². The second-order valence-corrected chi connectivity index (χ2v) is 4.79. The molecule has 1 rings (SSSR count). The molecule has 0 unspecified atom stereocenters. The van der Waals surface area contributed by atoms with Crippen LogP contribution in [0, 0.1) is 0 Å². The Morgan fingerprint density at radius 3 is 2.42 bits per heavy atom. The molecule has 106 valence electrons. The van der Waals surface area contributed by atoms with Crippen molar-refractivity contribution in [3.8, 4) is 0 Å². The van der Waals surface area contributed by atoms with Gasteiger partial charge in [0.05, 0.1) is 0 Å². The molecule has 0 saturated heterocycles. The van der Waals surface area contributed by atoms with Gasteiger partial charge in [0.2, 0.25) is 5.91 Å². The lowest BCUT2D eigenvalue weighted by molar-refractivity contribution is -0.121. The van der Waals surface area contributed by atoms with Crippen LogP contribution in [0.5, 0.6) is 0 Å². The minimum atomic E-state index is 0.142. The Kier molecular flexibility index (Phi) is 7.66. The Bertz CT molecular complexity index is 362. The summed E-state index contributed by atoms with van der Waals surface area (Å²) < 4.78 is 0. The van der Waals surface area contributed by atoms with Gasteiger partial charge in [-0.1, -0.05) is 25.0 Å². The Hall–Kier alpha value is -1.55. The minimum Gasteiger partial charge on any atom is -0.399 e. The maximum Gasteiger partial charge on any atom is 0.220 e. The summed E-state index contributed by atoms with van der Waals surface area (Å²) >= 11 is 0. The van der Waals surface area contributed by atoms with E-state index in [0.717, 1.165) is 44.3 Å². The fraction of sp³-hybridized carbons (Fsp3) is 0.533. The molecule has 0 aliphatic rings. The average Bonchev–Trinajstić information content (AvgIpc) is 2.41. The molecule has 0 radical (unpaired) electrons. The van der Waals surface area contributed by atoms with Crippen LogP contribution in [0.4, 0.5) is 5.69 Å². The van der Waals surface area contributed by atoms with Crippen molar-refractivity contribution in [3.63, 3.8) is 0 Å².